The Morgan fingerprint density at radius 3 is 2.72 bits per heavy atom. The van der Waals surface area contributed by atoms with E-state index in [0.717, 1.165) is 11.3 Å². The fraction of sp³-hybridized carbons (Fsp3) is 0.286. The van der Waals surface area contributed by atoms with Crippen LogP contribution in [-0.2, 0) is 16.1 Å². The van der Waals surface area contributed by atoms with E-state index in [2.05, 4.69) is 10.5 Å². The van der Waals surface area contributed by atoms with Crippen molar-refractivity contribution in [2.45, 2.75) is 33.4 Å². The lowest BCUT2D eigenvalue weighted by Crippen LogP contribution is -2.30. The van der Waals surface area contributed by atoms with Crippen molar-refractivity contribution in [2.24, 2.45) is 0 Å². The molecule has 0 fully saturated rings. The van der Waals surface area contributed by atoms with E-state index in [-0.39, 0.29) is 18.2 Å². The molecule has 3 rings (SSSR count). The Morgan fingerprint density at radius 1 is 1.21 bits per heavy atom. The number of nitrogens with one attached hydrogen (secondary N) is 1. The molecule has 2 heterocycles. The number of amides is 1. The second-order valence-electron chi connectivity index (χ2n) is 6.50. The van der Waals surface area contributed by atoms with Crippen LogP contribution >= 0.6 is 0 Å². The van der Waals surface area contributed by atoms with Gasteiger partial charge >= 0.3 is 5.97 Å². The number of carbonyl (C=O) groups is 2. The lowest BCUT2D eigenvalue weighted by Gasteiger charge is -2.12. The van der Waals surface area contributed by atoms with Crippen molar-refractivity contribution >= 4 is 11.9 Å². The van der Waals surface area contributed by atoms with E-state index < -0.39 is 18.5 Å². The minimum absolute atomic E-state index is 0.271. The highest BCUT2D eigenvalue weighted by Gasteiger charge is 2.15. The Labute approximate surface area is 167 Å². The van der Waals surface area contributed by atoms with Crippen LogP contribution in [0.4, 0.5) is 0 Å². The second kappa shape index (κ2) is 9.09. The van der Waals surface area contributed by atoms with Gasteiger partial charge in [-0.3, -0.25) is 4.79 Å². The summed E-state index contributed by atoms with van der Waals surface area (Å²) in [6, 6.07) is 9.73. The smallest absolute Gasteiger partial charge is 0.338 e. The number of hydrogen-bond donors (Lipinski definition) is 1. The first-order valence-electron chi connectivity index (χ1n) is 9.08. The van der Waals surface area contributed by atoms with Gasteiger partial charge in [-0.1, -0.05) is 11.2 Å². The number of hydrogen-bond acceptors (Lipinski definition) is 7. The summed E-state index contributed by atoms with van der Waals surface area (Å²) < 4.78 is 21.1. The number of aromatic nitrogens is 1. The maximum absolute atomic E-state index is 12.3. The predicted molar refractivity (Wildman–Crippen MR) is 102 cm³/mol. The highest BCUT2D eigenvalue weighted by Crippen LogP contribution is 2.19. The number of benzene rings is 1. The van der Waals surface area contributed by atoms with Crippen molar-refractivity contribution in [3.05, 3.63) is 71.0 Å². The van der Waals surface area contributed by atoms with E-state index in [4.69, 9.17) is 18.4 Å². The molecule has 1 atom stereocenters. The molecule has 3 aromatic rings. The fourth-order valence-electron chi connectivity index (χ4n) is 2.68. The first kappa shape index (κ1) is 20.2. The number of aryl methyl sites for hydroxylation is 2. The van der Waals surface area contributed by atoms with Gasteiger partial charge in [-0.25, -0.2) is 4.79 Å². The van der Waals surface area contributed by atoms with Gasteiger partial charge < -0.3 is 23.7 Å². The molecule has 0 saturated heterocycles. The van der Waals surface area contributed by atoms with Crippen molar-refractivity contribution < 1.29 is 28.0 Å². The molecule has 0 aliphatic rings. The number of furan rings is 1. The van der Waals surface area contributed by atoms with Crippen molar-refractivity contribution in [1.29, 1.82) is 0 Å². The zero-order chi connectivity index (χ0) is 20.8. The monoisotopic (exact) mass is 398 g/mol. The molecular formula is C21H22N2O6. The van der Waals surface area contributed by atoms with E-state index >= 15 is 0 Å². The standard InChI is InChI=1S/C21H22N2O6/c1-13-18(15(3)29-23-13)11-27-17-7-4-6-16(10-17)21(25)28-12-20(24)22-14(2)19-8-5-9-26-19/h4-10,14H,11-12H2,1-3H3,(H,22,24)/t14-/m1/s1. The van der Waals surface area contributed by atoms with E-state index in [1.54, 1.807) is 43.3 Å². The number of rotatable bonds is 8. The van der Waals surface area contributed by atoms with Crippen molar-refractivity contribution in [2.75, 3.05) is 6.61 Å². The van der Waals surface area contributed by atoms with E-state index in [1.165, 1.54) is 6.26 Å². The number of ether oxygens (including phenoxy) is 2. The van der Waals surface area contributed by atoms with Gasteiger partial charge in [0.1, 0.15) is 23.9 Å². The number of carbonyl (C=O) groups excluding carboxylic acids is 2. The minimum atomic E-state index is -0.617. The third kappa shape index (κ3) is 5.25. The third-order valence-electron chi connectivity index (χ3n) is 4.32. The van der Waals surface area contributed by atoms with E-state index in [0.29, 0.717) is 17.3 Å². The SMILES string of the molecule is Cc1noc(C)c1COc1cccc(C(=O)OCC(=O)N[C@H](C)c2ccco2)c1. The lowest BCUT2D eigenvalue weighted by atomic mass is 10.2. The van der Waals surface area contributed by atoms with Crippen molar-refractivity contribution in [1.82, 2.24) is 10.5 Å². The molecule has 0 radical (unpaired) electrons. The normalized spacial score (nSPS) is 11.7. The van der Waals surface area contributed by atoms with Gasteiger partial charge in [-0.05, 0) is 51.1 Å². The summed E-state index contributed by atoms with van der Waals surface area (Å²) in [7, 11) is 0. The van der Waals surface area contributed by atoms with E-state index in [1.807, 2.05) is 13.8 Å². The van der Waals surface area contributed by atoms with Gasteiger partial charge in [0.2, 0.25) is 0 Å². The van der Waals surface area contributed by atoms with Crippen LogP contribution in [0.5, 0.6) is 5.75 Å². The topological polar surface area (TPSA) is 104 Å². The molecule has 0 aliphatic carbocycles. The first-order valence-corrected chi connectivity index (χ1v) is 9.08. The average molecular weight is 398 g/mol. The molecule has 0 bridgehead atoms. The van der Waals surface area contributed by atoms with Gasteiger partial charge in [-0.15, -0.1) is 0 Å². The molecule has 152 valence electrons. The Kier molecular flexibility index (Phi) is 6.33. The second-order valence-corrected chi connectivity index (χ2v) is 6.50. The van der Waals surface area contributed by atoms with Crippen LogP contribution in [-0.4, -0.2) is 23.6 Å². The molecule has 2 aromatic heterocycles. The summed E-state index contributed by atoms with van der Waals surface area (Å²) in [5.74, 6) is 0.762. The highest BCUT2D eigenvalue weighted by atomic mass is 16.5. The van der Waals surface area contributed by atoms with Crippen LogP contribution in [0.1, 0.15) is 46.1 Å². The van der Waals surface area contributed by atoms with E-state index in [9.17, 15) is 9.59 Å². The van der Waals surface area contributed by atoms with Gasteiger partial charge in [0.25, 0.3) is 5.91 Å². The lowest BCUT2D eigenvalue weighted by molar-refractivity contribution is -0.125. The molecule has 0 aliphatic heterocycles. The summed E-state index contributed by atoms with van der Waals surface area (Å²) in [5, 5.41) is 6.58. The summed E-state index contributed by atoms with van der Waals surface area (Å²) in [4.78, 5) is 24.2. The Balaban J connectivity index is 1.51. The Morgan fingerprint density at radius 2 is 2.03 bits per heavy atom. The minimum Gasteiger partial charge on any atom is -0.489 e. The van der Waals surface area contributed by atoms with Crippen LogP contribution < -0.4 is 10.1 Å². The zero-order valence-corrected chi connectivity index (χ0v) is 16.4. The first-order chi connectivity index (χ1) is 13.9. The van der Waals surface area contributed by atoms with Crippen LogP contribution in [0.3, 0.4) is 0 Å². The number of nitrogens with zero attached hydrogens (tertiary/aromatic N) is 1. The maximum atomic E-state index is 12.3. The highest BCUT2D eigenvalue weighted by molar-refractivity contribution is 5.91. The molecule has 0 saturated carbocycles. The summed E-state index contributed by atoms with van der Waals surface area (Å²) >= 11 is 0. The quantitative estimate of drug-likeness (QED) is 0.579. The average Bonchev–Trinajstić information content (AvgIpc) is 3.35. The molecule has 8 nitrogen and oxygen atoms in total. The van der Waals surface area contributed by atoms with Crippen molar-refractivity contribution in [3.63, 3.8) is 0 Å². The summed E-state index contributed by atoms with van der Waals surface area (Å²) in [5.41, 5.74) is 1.90. The molecule has 0 spiro atoms. The Bertz CT molecular complexity index is 957. The molecule has 8 heteroatoms. The van der Waals surface area contributed by atoms with Crippen LogP contribution in [0.2, 0.25) is 0 Å². The molecule has 0 unspecified atom stereocenters. The predicted octanol–water partition coefficient (Wildman–Crippen LogP) is 3.50. The zero-order valence-electron chi connectivity index (χ0n) is 16.4. The van der Waals surface area contributed by atoms with Gasteiger partial charge in [0, 0.05) is 0 Å². The maximum Gasteiger partial charge on any atom is 0.338 e. The number of esters is 1. The summed E-state index contributed by atoms with van der Waals surface area (Å²) in [6.07, 6.45) is 1.53. The Hall–Kier alpha value is -3.55. The van der Waals surface area contributed by atoms with Gasteiger partial charge in [0.05, 0.1) is 29.1 Å². The largest absolute Gasteiger partial charge is 0.489 e. The summed E-state index contributed by atoms with van der Waals surface area (Å²) in [6.45, 7) is 5.30. The molecule has 1 amide bonds. The van der Waals surface area contributed by atoms with Crippen LogP contribution in [0.15, 0.2) is 51.6 Å². The fourth-order valence-corrected chi connectivity index (χ4v) is 2.68. The molecular weight excluding hydrogens is 376 g/mol. The van der Waals surface area contributed by atoms with Crippen LogP contribution in [0.25, 0.3) is 0 Å². The molecule has 29 heavy (non-hydrogen) atoms. The van der Waals surface area contributed by atoms with Gasteiger partial charge in [0.15, 0.2) is 6.61 Å². The van der Waals surface area contributed by atoms with Crippen LogP contribution in [0, 0.1) is 13.8 Å². The molecule has 1 aromatic carbocycles. The van der Waals surface area contributed by atoms with Gasteiger partial charge in [-0.2, -0.15) is 0 Å². The third-order valence-corrected chi connectivity index (χ3v) is 4.32. The molecule has 1 N–H and O–H groups in total. The van der Waals surface area contributed by atoms with Crippen molar-refractivity contribution in [3.8, 4) is 5.75 Å².